The number of carbonyl (C=O) groups excluding carboxylic acids is 1. The molecule has 2 aromatic rings. The molecule has 1 amide bonds. The van der Waals surface area contributed by atoms with Crippen LogP contribution in [0.1, 0.15) is 31.4 Å². The van der Waals surface area contributed by atoms with Gasteiger partial charge < -0.3 is 9.32 Å². The number of amides is 1. The van der Waals surface area contributed by atoms with Crippen molar-refractivity contribution in [3.05, 3.63) is 66.0 Å². The molecule has 0 fully saturated rings. The first-order valence-corrected chi connectivity index (χ1v) is 9.12. The molecule has 1 heterocycles. The van der Waals surface area contributed by atoms with Crippen molar-refractivity contribution in [3.63, 3.8) is 0 Å². The first kappa shape index (κ1) is 16.8. The molecule has 0 saturated carbocycles. The lowest BCUT2D eigenvalue weighted by Crippen LogP contribution is -2.32. The van der Waals surface area contributed by atoms with Crippen LogP contribution < -0.4 is 0 Å². The van der Waals surface area contributed by atoms with Crippen molar-refractivity contribution in [1.82, 2.24) is 4.90 Å². The van der Waals surface area contributed by atoms with Crippen molar-refractivity contribution < 1.29 is 13.6 Å². The predicted octanol–water partition coefficient (Wildman–Crippen LogP) is 5.00. The Hall–Kier alpha value is -2.01. The Morgan fingerprint density at radius 3 is 2.79 bits per heavy atom. The number of allylic oxidation sites excluding steroid dienone is 2. The highest BCUT2D eigenvalue weighted by Crippen LogP contribution is 2.26. The largest absolute Gasteiger partial charge is 0.467 e. The molecule has 3 rings (SSSR count). The van der Waals surface area contributed by atoms with E-state index in [0.717, 1.165) is 37.1 Å². The third kappa shape index (κ3) is 4.29. The van der Waals surface area contributed by atoms with Crippen LogP contribution in [0.4, 0.5) is 4.39 Å². The lowest BCUT2D eigenvalue weighted by molar-refractivity contribution is -0.127. The molecular weight excluding hydrogens is 325 g/mol. The van der Waals surface area contributed by atoms with Crippen LogP contribution in [0.2, 0.25) is 0 Å². The van der Waals surface area contributed by atoms with Gasteiger partial charge >= 0.3 is 0 Å². The highest BCUT2D eigenvalue weighted by atomic mass is 32.2. The molecule has 1 aromatic carbocycles. The van der Waals surface area contributed by atoms with Crippen LogP contribution in [0.25, 0.3) is 0 Å². The molecule has 0 radical (unpaired) electrons. The van der Waals surface area contributed by atoms with Crippen LogP contribution in [-0.2, 0) is 11.3 Å². The highest BCUT2D eigenvalue weighted by molar-refractivity contribution is 8.00. The minimum absolute atomic E-state index is 0.0206. The molecule has 24 heavy (non-hydrogen) atoms. The SMILES string of the molecule is O=C(CSc1ccccc1F)N(Cc1ccco1)C1=CCCCC1. The van der Waals surface area contributed by atoms with Crippen molar-refractivity contribution >= 4 is 17.7 Å². The van der Waals surface area contributed by atoms with E-state index in [1.165, 1.54) is 17.8 Å². The van der Waals surface area contributed by atoms with Gasteiger partial charge in [0.25, 0.3) is 0 Å². The fraction of sp³-hybridized carbons (Fsp3) is 0.316. The van der Waals surface area contributed by atoms with Crippen LogP contribution >= 0.6 is 11.8 Å². The van der Waals surface area contributed by atoms with Crippen molar-refractivity contribution in [2.75, 3.05) is 5.75 Å². The monoisotopic (exact) mass is 345 g/mol. The molecular formula is C19H20FNO2S. The fourth-order valence-electron chi connectivity index (χ4n) is 2.75. The summed E-state index contributed by atoms with van der Waals surface area (Å²) in [5, 5.41) is 0. The Balaban J connectivity index is 1.70. The number of thioether (sulfide) groups is 1. The lowest BCUT2D eigenvalue weighted by Gasteiger charge is -2.27. The number of rotatable bonds is 6. The zero-order chi connectivity index (χ0) is 16.8. The number of hydrogen-bond acceptors (Lipinski definition) is 3. The second-order valence-electron chi connectivity index (χ2n) is 5.72. The Kier molecular flexibility index (Phi) is 5.75. The summed E-state index contributed by atoms with van der Waals surface area (Å²) < 4.78 is 19.1. The topological polar surface area (TPSA) is 33.5 Å². The second-order valence-corrected chi connectivity index (χ2v) is 6.74. The molecule has 0 N–H and O–H groups in total. The molecule has 0 atom stereocenters. The molecule has 0 saturated heterocycles. The highest BCUT2D eigenvalue weighted by Gasteiger charge is 2.21. The van der Waals surface area contributed by atoms with E-state index in [2.05, 4.69) is 6.08 Å². The van der Waals surface area contributed by atoms with E-state index in [-0.39, 0.29) is 17.5 Å². The van der Waals surface area contributed by atoms with Crippen molar-refractivity contribution in [3.8, 4) is 0 Å². The first-order valence-electron chi connectivity index (χ1n) is 8.13. The lowest BCUT2D eigenvalue weighted by atomic mass is 10.0. The average Bonchev–Trinajstić information content (AvgIpc) is 3.13. The van der Waals surface area contributed by atoms with Crippen LogP contribution in [0.15, 0.2) is 63.7 Å². The molecule has 1 aliphatic rings. The van der Waals surface area contributed by atoms with Crippen molar-refractivity contribution in [1.29, 1.82) is 0 Å². The van der Waals surface area contributed by atoms with Gasteiger partial charge in [0.15, 0.2) is 0 Å². The number of nitrogens with zero attached hydrogens (tertiary/aromatic N) is 1. The average molecular weight is 345 g/mol. The van der Waals surface area contributed by atoms with Crippen LogP contribution in [0.3, 0.4) is 0 Å². The predicted molar refractivity (Wildman–Crippen MR) is 92.9 cm³/mol. The van der Waals surface area contributed by atoms with Gasteiger partial charge in [-0.3, -0.25) is 4.79 Å². The van der Waals surface area contributed by atoms with Gasteiger partial charge in [0, 0.05) is 10.6 Å². The Morgan fingerprint density at radius 2 is 2.08 bits per heavy atom. The third-order valence-corrected chi connectivity index (χ3v) is 5.03. The Morgan fingerprint density at radius 1 is 1.21 bits per heavy atom. The van der Waals surface area contributed by atoms with E-state index in [0.29, 0.717) is 11.4 Å². The fourth-order valence-corrected chi connectivity index (χ4v) is 3.57. The first-order chi connectivity index (χ1) is 11.7. The quantitative estimate of drug-likeness (QED) is 0.691. The van der Waals surface area contributed by atoms with Crippen molar-refractivity contribution in [2.45, 2.75) is 37.1 Å². The molecule has 0 spiro atoms. The molecule has 0 bridgehead atoms. The van der Waals surface area contributed by atoms with Gasteiger partial charge in [0.1, 0.15) is 11.6 Å². The number of benzene rings is 1. The minimum Gasteiger partial charge on any atom is -0.467 e. The molecule has 0 unspecified atom stereocenters. The van der Waals surface area contributed by atoms with E-state index in [4.69, 9.17) is 4.42 Å². The van der Waals surface area contributed by atoms with Gasteiger partial charge in [0.05, 0.1) is 18.6 Å². The normalized spacial score (nSPS) is 14.3. The number of hydrogen-bond donors (Lipinski definition) is 0. The smallest absolute Gasteiger partial charge is 0.237 e. The van der Waals surface area contributed by atoms with Gasteiger partial charge in [-0.25, -0.2) is 4.39 Å². The molecule has 1 aliphatic carbocycles. The third-order valence-electron chi connectivity index (χ3n) is 4.00. The van der Waals surface area contributed by atoms with E-state index in [1.54, 1.807) is 29.4 Å². The number of halogens is 1. The summed E-state index contributed by atoms with van der Waals surface area (Å²) in [5.41, 5.74) is 1.05. The molecule has 1 aromatic heterocycles. The van der Waals surface area contributed by atoms with Gasteiger partial charge in [-0.05, 0) is 49.9 Å². The van der Waals surface area contributed by atoms with E-state index >= 15 is 0 Å². The van der Waals surface area contributed by atoms with Gasteiger partial charge in [-0.1, -0.05) is 18.2 Å². The maximum atomic E-state index is 13.7. The summed E-state index contributed by atoms with van der Waals surface area (Å²) in [6, 6.07) is 10.2. The standard InChI is InChI=1S/C19H20FNO2S/c20-17-10-4-5-11-18(17)24-14-19(22)21(13-16-9-6-12-23-16)15-7-2-1-3-8-15/h4-7,9-12H,1-3,8,13-14H2. The second kappa shape index (κ2) is 8.20. The van der Waals surface area contributed by atoms with Crippen LogP contribution in [0.5, 0.6) is 0 Å². The van der Waals surface area contributed by atoms with E-state index < -0.39 is 0 Å². The summed E-state index contributed by atoms with van der Waals surface area (Å²) in [5.74, 6) is 0.655. The summed E-state index contributed by atoms with van der Waals surface area (Å²) in [6.45, 7) is 0.426. The van der Waals surface area contributed by atoms with Crippen LogP contribution in [0, 0.1) is 5.82 Å². The van der Waals surface area contributed by atoms with Gasteiger partial charge in [0.2, 0.25) is 5.91 Å². The molecule has 0 aliphatic heterocycles. The van der Waals surface area contributed by atoms with E-state index in [9.17, 15) is 9.18 Å². The summed E-state index contributed by atoms with van der Waals surface area (Å²) >= 11 is 1.24. The molecule has 3 nitrogen and oxygen atoms in total. The van der Waals surface area contributed by atoms with Crippen molar-refractivity contribution in [2.24, 2.45) is 0 Å². The number of furan rings is 1. The minimum atomic E-state index is -0.287. The zero-order valence-electron chi connectivity index (χ0n) is 13.4. The molecule has 126 valence electrons. The van der Waals surface area contributed by atoms with E-state index in [1.807, 2.05) is 12.1 Å². The summed E-state index contributed by atoms with van der Waals surface area (Å²) in [4.78, 5) is 15.0. The Bertz CT molecular complexity index is 712. The zero-order valence-corrected chi connectivity index (χ0v) is 14.2. The number of carbonyl (C=O) groups is 1. The van der Waals surface area contributed by atoms with Gasteiger partial charge in [-0.2, -0.15) is 0 Å². The Labute approximate surface area is 145 Å². The molecule has 5 heteroatoms. The summed E-state index contributed by atoms with van der Waals surface area (Å²) in [6.07, 6.45) is 7.90. The summed E-state index contributed by atoms with van der Waals surface area (Å²) in [7, 11) is 0. The van der Waals surface area contributed by atoms with Gasteiger partial charge in [-0.15, -0.1) is 11.8 Å². The maximum absolute atomic E-state index is 13.7. The maximum Gasteiger partial charge on any atom is 0.237 e. The van der Waals surface area contributed by atoms with Crippen LogP contribution in [-0.4, -0.2) is 16.6 Å².